The highest BCUT2D eigenvalue weighted by Gasteiger charge is 2.16. The number of rotatable bonds is 4. The first-order chi connectivity index (χ1) is 12.4. The Hall–Kier alpha value is -2.01. The molecule has 1 amide bonds. The molecule has 2 N–H and O–H groups in total. The van der Waals surface area contributed by atoms with E-state index in [0.29, 0.717) is 16.6 Å². The number of nitrogens with two attached hydrogens (primary N) is 1. The van der Waals surface area contributed by atoms with Crippen LogP contribution in [0.4, 0.5) is 5.69 Å². The lowest BCUT2D eigenvalue weighted by molar-refractivity contribution is -0.117. The van der Waals surface area contributed by atoms with E-state index in [1.54, 1.807) is 6.07 Å². The molecule has 1 heterocycles. The van der Waals surface area contributed by atoms with E-state index in [-0.39, 0.29) is 24.7 Å². The highest BCUT2D eigenvalue weighted by molar-refractivity contribution is 6.42. The Morgan fingerprint density at radius 2 is 1.96 bits per heavy atom. The smallest absolute Gasteiger partial charge is 0.221 e. The van der Waals surface area contributed by atoms with Gasteiger partial charge in [-0.25, -0.2) is 0 Å². The molecule has 0 bridgehead atoms. The summed E-state index contributed by atoms with van der Waals surface area (Å²) < 4.78 is 0. The molecule has 0 unspecified atom stereocenters. The van der Waals surface area contributed by atoms with E-state index in [4.69, 9.17) is 33.9 Å². The Balaban J connectivity index is 0.00000261. The molecular formula is C20H20Cl3N3O. The minimum Gasteiger partial charge on any atom is -0.372 e. The summed E-state index contributed by atoms with van der Waals surface area (Å²) in [5.74, 6) is -0.350. The Bertz CT molecular complexity index is 909. The fourth-order valence-electron chi connectivity index (χ4n) is 2.89. The number of carbonyl (C=O) groups excluding carboxylic acids is 1. The van der Waals surface area contributed by atoms with E-state index in [2.05, 4.69) is 4.90 Å². The molecule has 2 aromatic carbocycles. The van der Waals surface area contributed by atoms with Crippen molar-refractivity contribution in [2.75, 3.05) is 25.0 Å². The van der Waals surface area contributed by atoms with Crippen molar-refractivity contribution in [3.8, 4) is 0 Å². The lowest BCUT2D eigenvalue weighted by Crippen LogP contribution is -2.20. The molecule has 1 aliphatic heterocycles. The number of benzodiazepines with no additional fused rings is 1. The van der Waals surface area contributed by atoms with Crippen LogP contribution < -0.4 is 10.6 Å². The maximum atomic E-state index is 11.3. The van der Waals surface area contributed by atoms with Gasteiger partial charge in [0, 0.05) is 24.8 Å². The number of hydrogen-bond acceptors (Lipinski definition) is 3. The van der Waals surface area contributed by atoms with Gasteiger partial charge in [0.15, 0.2) is 0 Å². The van der Waals surface area contributed by atoms with Gasteiger partial charge >= 0.3 is 0 Å². The molecule has 0 aromatic heterocycles. The van der Waals surface area contributed by atoms with Crippen LogP contribution in [-0.4, -0.2) is 31.8 Å². The summed E-state index contributed by atoms with van der Waals surface area (Å²) >= 11 is 12.1. The topological polar surface area (TPSA) is 58.7 Å². The Morgan fingerprint density at radius 3 is 2.67 bits per heavy atom. The zero-order valence-corrected chi connectivity index (χ0v) is 17.1. The number of carbonyl (C=O) groups is 1. The Labute approximate surface area is 175 Å². The first-order valence-corrected chi connectivity index (χ1v) is 9.00. The molecule has 0 atom stereocenters. The molecular weight excluding hydrogens is 405 g/mol. The Morgan fingerprint density at radius 1 is 1.19 bits per heavy atom. The van der Waals surface area contributed by atoms with Gasteiger partial charge in [0.25, 0.3) is 0 Å². The van der Waals surface area contributed by atoms with Gasteiger partial charge in [-0.05, 0) is 41.5 Å². The van der Waals surface area contributed by atoms with Crippen molar-refractivity contribution >= 4 is 59.0 Å². The van der Waals surface area contributed by atoms with Crippen molar-refractivity contribution in [2.24, 2.45) is 10.7 Å². The fourth-order valence-corrected chi connectivity index (χ4v) is 3.20. The molecule has 3 rings (SSSR count). The normalized spacial score (nSPS) is 13.6. The largest absolute Gasteiger partial charge is 0.372 e. The van der Waals surface area contributed by atoms with Crippen LogP contribution in [0.2, 0.25) is 10.0 Å². The molecule has 0 saturated carbocycles. The maximum Gasteiger partial charge on any atom is 0.221 e. The number of allylic oxidation sites excluding steroid dienone is 1. The van der Waals surface area contributed by atoms with Crippen molar-refractivity contribution in [3.63, 3.8) is 0 Å². The Kier molecular flexibility index (Phi) is 7.31. The van der Waals surface area contributed by atoms with Crippen LogP contribution in [0.3, 0.4) is 0 Å². The van der Waals surface area contributed by atoms with E-state index < -0.39 is 0 Å². The van der Waals surface area contributed by atoms with Crippen molar-refractivity contribution in [1.29, 1.82) is 0 Å². The van der Waals surface area contributed by atoms with Crippen LogP contribution in [-0.2, 0) is 11.2 Å². The number of benzene rings is 2. The minimum absolute atomic E-state index is 0. The van der Waals surface area contributed by atoms with Gasteiger partial charge in [-0.15, -0.1) is 12.4 Å². The zero-order chi connectivity index (χ0) is 18.7. The number of aliphatic imine (C=N–C) groups is 1. The minimum atomic E-state index is -0.350. The van der Waals surface area contributed by atoms with Gasteiger partial charge in [0.2, 0.25) is 5.91 Å². The maximum absolute atomic E-state index is 11.3. The highest BCUT2D eigenvalue weighted by atomic mass is 35.5. The molecule has 142 valence electrons. The van der Waals surface area contributed by atoms with Crippen molar-refractivity contribution in [3.05, 3.63) is 69.2 Å². The summed E-state index contributed by atoms with van der Waals surface area (Å²) in [5, 5.41) is 1.04. The second-order valence-corrected chi connectivity index (χ2v) is 7.00. The summed E-state index contributed by atoms with van der Waals surface area (Å²) in [6, 6.07) is 11.4. The predicted octanol–water partition coefficient (Wildman–Crippen LogP) is 4.40. The molecule has 27 heavy (non-hydrogen) atoms. The molecule has 1 aliphatic rings. The van der Waals surface area contributed by atoms with Gasteiger partial charge < -0.3 is 10.6 Å². The number of fused-ring (bicyclic) bond motifs is 1. The lowest BCUT2D eigenvalue weighted by atomic mass is 10.0. The van der Waals surface area contributed by atoms with Gasteiger partial charge in [-0.1, -0.05) is 41.4 Å². The molecule has 0 radical (unpaired) electrons. The summed E-state index contributed by atoms with van der Waals surface area (Å²) in [7, 11) is 2.04. The number of halogens is 3. The summed E-state index contributed by atoms with van der Waals surface area (Å²) in [6.07, 6.45) is 4.13. The van der Waals surface area contributed by atoms with Crippen LogP contribution in [0.5, 0.6) is 0 Å². The van der Waals surface area contributed by atoms with Crippen LogP contribution in [0.15, 0.2) is 47.5 Å². The van der Waals surface area contributed by atoms with Crippen molar-refractivity contribution in [2.45, 2.75) is 6.42 Å². The molecule has 0 saturated heterocycles. The number of anilines is 1. The molecule has 7 heteroatoms. The van der Waals surface area contributed by atoms with E-state index in [1.807, 2.05) is 49.5 Å². The van der Waals surface area contributed by atoms with Gasteiger partial charge in [-0.2, -0.15) is 0 Å². The van der Waals surface area contributed by atoms with E-state index in [1.165, 1.54) is 0 Å². The highest BCUT2D eigenvalue weighted by Crippen LogP contribution is 2.26. The summed E-state index contributed by atoms with van der Waals surface area (Å²) in [4.78, 5) is 18.1. The van der Waals surface area contributed by atoms with Crippen LogP contribution in [0, 0.1) is 0 Å². The molecule has 0 aliphatic carbocycles. The second kappa shape index (κ2) is 9.27. The number of hydrogen-bond donors (Lipinski definition) is 1. The molecule has 2 aromatic rings. The van der Waals surface area contributed by atoms with Gasteiger partial charge in [0.1, 0.15) is 0 Å². The molecule has 0 fully saturated rings. The second-order valence-electron chi connectivity index (χ2n) is 6.19. The van der Waals surface area contributed by atoms with Crippen LogP contribution in [0.1, 0.15) is 16.7 Å². The van der Waals surface area contributed by atoms with E-state index in [9.17, 15) is 4.79 Å². The monoisotopic (exact) mass is 423 g/mol. The third-order valence-corrected chi connectivity index (χ3v) is 4.96. The number of likely N-dealkylation sites (N-methyl/N-ethyl adjacent to an activating group) is 1. The first kappa shape index (κ1) is 21.3. The predicted molar refractivity (Wildman–Crippen MR) is 117 cm³/mol. The quantitative estimate of drug-likeness (QED) is 0.791. The van der Waals surface area contributed by atoms with Gasteiger partial charge in [-0.3, -0.25) is 9.79 Å². The number of primary amides is 1. The van der Waals surface area contributed by atoms with Gasteiger partial charge in [0.05, 0.1) is 28.7 Å². The average molecular weight is 425 g/mol. The SMILES string of the molecule is CN1CCN=C(/C=C/c2ccc(Cl)c(Cl)c2)c2cc(CC(N)=O)ccc21.Cl. The third kappa shape index (κ3) is 5.25. The van der Waals surface area contributed by atoms with Crippen molar-refractivity contribution < 1.29 is 4.79 Å². The fraction of sp³-hybridized carbons (Fsp3) is 0.200. The van der Waals surface area contributed by atoms with Crippen LogP contribution in [0.25, 0.3) is 6.08 Å². The van der Waals surface area contributed by atoms with Crippen molar-refractivity contribution in [1.82, 2.24) is 0 Å². The zero-order valence-electron chi connectivity index (χ0n) is 14.8. The number of amides is 1. The summed E-state index contributed by atoms with van der Waals surface area (Å²) in [6.45, 7) is 1.52. The lowest BCUT2D eigenvalue weighted by Gasteiger charge is -2.19. The molecule has 0 spiro atoms. The van der Waals surface area contributed by atoms with E-state index >= 15 is 0 Å². The van der Waals surface area contributed by atoms with E-state index in [0.717, 1.165) is 34.6 Å². The molecule has 4 nitrogen and oxygen atoms in total. The average Bonchev–Trinajstić information content (AvgIpc) is 2.74. The standard InChI is InChI=1S/C20H19Cl2N3O.ClH/c1-25-9-8-24-18(6-3-13-2-5-16(21)17(22)11-13)15-10-14(12-20(23)26)4-7-19(15)25;/h2-7,10-11H,8-9,12H2,1H3,(H2,23,26);1H/b6-3+;. The third-order valence-electron chi connectivity index (χ3n) is 4.22. The van der Waals surface area contributed by atoms with Crippen LogP contribution >= 0.6 is 35.6 Å². The summed E-state index contributed by atoms with van der Waals surface area (Å²) in [5.41, 5.74) is 10.1. The first-order valence-electron chi connectivity index (χ1n) is 8.24. The number of nitrogens with zero attached hydrogens (tertiary/aromatic N) is 2.